The Morgan fingerprint density at radius 1 is 1.12 bits per heavy atom. The normalized spacial score (nSPS) is 12.1. The first-order valence-electron chi connectivity index (χ1n) is 11.1. The van der Waals surface area contributed by atoms with Gasteiger partial charge in [0.1, 0.15) is 28.9 Å². The molecule has 2 aromatic carbocycles. The molecule has 3 aromatic rings. The van der Waals surface area contributed by atoms with E-state index in [0.29, 0.717) is 25.4 Å². The number of aromatic hydroxyl groups is 1. The third-order valence-electron chi connectivity index (χ3n) is 5.32. The molecule has 1 heterocycles. The monoisotopic (exact) mass is 469 g/mol. The van der Waals surface area contributed by atoms with Crippen molar-refractivity contribution in [2.45, 2.75) is 19.4 Å². The van der Waals surface area contributed by atoms with E-state index in [-0.39, 0.29) is 58.7 Å². The summed E-state index contributed by atoms with van der Waals surface area (Å²) in [4.78, 5) is 15.0. The highest BCUT2D eigenvalue weighted by Gasteiger charge is 2.22. The Bertz CT molecular complexity index is 1220. The molecule has 0 saturated carbocycles. The van der Waals surface area contributed by atoms with Crippen LogP contribution in [0.3, 0.4) is 0 Å². The fraction of sp³-hybridized carbons (Fsp3) is 0.346. The number of aliphatic hydroxyl groups is 2. The number of hydrogen-bond donors (Lipinski definition) is 3. The summed E-state index contributed by atoms with van der Waals surface area (Å²) in [6, 6.07) is 7.87. The van der Waals surface area contributed by atoms with Crippen LogP contribution >= 0.6 is 0 Å². The molecule has 0 aliphatic rings. The van der Waals surface area contributed by atoms with Gasteiger partial charge in [-0.05, 0) is 44.2 Å². The van der Waals surface area contributed by atoms with E-state index in [1.54, 1.807) is 36.4 Å². The zero-order chi connectivity index (χ0) is 24.7. The molecule has 3 rings (SSSR count). The molecule has 8 nitrogen and oxygen atoms in total. The molecule has 0 amide bonds. The number of aliphatic hydroxyl groups excluding tert-OH is 2. The first kappa shape index (κ1) is 25.3. The van der Waals surface area contributed by atoms with Gasteiger partial charge < -0.3 is 29.2 Å². The average molecular weight is 470 g/mol. The lowest BCUT2D eigenvalue weighted by Crippen LogP contribution is -2.30. The van der Waals surface area contributed by atoms with Crippen molar-refractivity contribution in [1.82, 2.24) is 4.90 Å². The van der Waals surface area contributed by atoms with Gasteiger partial charge >= 0.3 is 0 Å². The van der Waals surface area contributed by atoms with Crippen LogP contribution in [0.15, 0.2) is 64.4 Å². The van der Waals surface area contributed by atoms with Crippen LogP contribution in [0.4, 0.5) is 0 Å². The second-order valence-electron chi connectivity index (χ2n) is 8.29. The molecular weight excluding hydrogens is 438 g/mol. The molecule has 0 atom stereocenters. The number of hydrogen-bond acceptors (Lipinski definition) is 8. The highest BCUT2D eigenvalue weighted by Crippen LogP contribution is 2.39. The van der Waals surface area contributed by atoms with Gasteiger partial charge in [-0.25, -0.2) is 0 Å². The lowest BCUT2D eigenvalue weighted by Gasteiger charge is -2.24. The second kappa shape index (κ2) is 11.2. The van der Waals surface area contributed by atoms with Crippen molar-refractivity contribution in [2.75, 3.05) is 39.5 Å². The van der Waals surface area contributed by atoms with Gasteiger partial charge in [0.15, 0.2) is 11.3 Å². The zero-order valence-electron chi connectivity index (χ0n) is 19.5. The molecule has 3 N–H and O–H groups in total. The van der Waals surface area contributed by atoms with Gasteiger partial charge in [-0.15, -0.1) is 0 Å². The highest BCUT2D eigenvalue weighted by atomic mass is 16.5. The van der Waals surface area contributed by atoms with Crippen molar-refractivity contribution >= 4 is 21.9 Å². The van der Waals surface area contributed by atoms with Crippen molar-refractivity contribution in [3.63, 3.8) is 0 Å². The van der Waals surface area contributed by atoms with E-state index in [0.717, 1.165) is 0 Å². The van der Waals surface area contributed by atoms with Crippen molar-refractivity contribution < 1.29 is 29.2 Å². The molecular formula is C26H31NO7. The molecule has 0 fully saturated rings. The molecule has 0 unspecified atom stereocenters. The van der Waals surface area contributed by atoms with Gasteiger partial charge in [-0.3, -0.25) is 9.69 Å². The molecule has 0 aliphatic carbocycles. The van der Waals surface area contributed by atoms with E-state index in [1.807, 2.05) is 24.8 Å². The van der Waals surface area contributed by atoms with Crippen molar-refractivity contribution in [2.24, 2.45) is 0 Å². The number of fused-ring (bicyclic) bond motifs is 2. The Morgan fingerprint density at radius 2 is 1.85 bits per heavy atom. The SMILES string of the molecule is C=CC(C)(C)Oc1ccc2c(=O)c3c(O)cccc3oc2c1OC/C=C/CN(CCO)CCO. The first-order chi connectivity index (χ1) is 16.3. The second-order valence-corrected chi connectivity index (χ2v) is 8.29. The predicted octanol–water partition coefficient (Wildman–Crippen LogP) is 3.22. The number of ether oxygens (including phenoxy) is 2. The smallest absolute Gasteiger partial charge is 0.205 e. The maximum absolute atomic E-state index is 13.1. The van der Waals surface area contributed by atoms with Crippen molar-refractivity contribution in [3.8, 4) is 17.2 Å². The molecule has 1 aromatic heterocycles. The van der Waals surface area contributed by atoms with E-state index in [4.69, 9.17) is 24.1 Å². The summed E-state index contributed by atoms with van der Waals surface area (Å²) < 4.78 is 18.1. The van der Waals surface area contributed by atoms with Gasteiger partial charge in [0, 0.05) is 19.6 Å². The van der Waals surface area contributed by atoms with Gasteiger partial charge in [0.25, 0.3) is 0 Å². The Balaban J connectivity index is 1.98. The van der Waals surface area contributed by atoms with Crippen LogP contribution in [0.2, 0.25) is 0 Å². The third kappa shape index (κ3) is 5.77. The van der Waals surface area contributed by atoms with Crippen LogP contribution in [0.5, 0.6) is 17.2 Å². The van der Waals surface area contributed by atoms with E-state index >= 15 is 0 Å². The van der Waals surface area contributed by atoms with Crippen LogP contribution in [0.25, 0.3) is 21.9 Å². The fourth-order valence-corrected chi connectivity index (χ4v) is 3.44. The van der Waals surface area contributed by atoms with Crippen LogP contribution < -0.4 is 14.9 Å². The molecule has 34 heavy (non-hydrogen) atoms. The maximum atomic E-state index is 13.1. The minimum atomic E-state index is -0.702. The van der Waals surface area contributed by atoms with Gasteiger partial charge in [0.05, 0.1) is 18.6 Å². The van der Waals surface area contributed by atoms with E-state index < -0.39 is 5.60 Å². The Labute approximate surface area is 197 Å². The van der Waals surface area contributed by atoms with Crippen LogP contribution in [0.1, 0.15) is 13.8 Å². The maximum Gasteiger partial charge on any atom is 0.205 e. The molecule has 0 radical (unpaired) electrons. The van der Waals surface area contributed by atoms with E-state index in [2.05, 4.69) is 6.58 Å². The highest BCUT2D eigenvalue weighted by molar-refractivity contribution is 5.96. The van der Waals surface area contributed by atoms with Crippen LogP contribution in [-0.2, 0) is 0 Å². The van der Waals surface area contributed by atoms with Gasteiger partial charge in [-0.1, -0.05) is 24.8 Å². The standard InChI is InChI=1S/C26H31NO7/c1-4-26(2,3)34-21-11-10-18-23(31)22-19(30)8-7-9-20(22)33-24(18)25(21)32-17-6-5-12-27(13-15-28)14-16-29/h4-11,28-30H,1,12-17H2,2-3H3/b6-5+. The van der Waals surface area contributed by atoms with E-state index in [1.165, 1.54) is 6.07 Å². The summed E-state index contributed by atoms with van der Waals surface area (Å²) in [6.07, 6.45) is 5.33. The lowest BCUT2D eigenvalue weighted by molar-refractivity contribution is 0.154. The predicted molar refractivity (Wildman–Crippen MR) is 132 cm³/mol. The molecule has 8 heteroatoms. The van der Waals surface area contributed by atoms with Crippen molar-refractivity contribution in [1.29, 1.82) is 0 Å². The first-order valence-corrected chi connectivity index (χ1v) is 11.1. The molecule has 0 saturated heterocycles. The molecule has 0 spiro atoms. The fourth-order valence-electron chi connectivity index (χ4n) is 3.44. The Morgan fingerprint density at radius 3 is 2.53 bits per heavy atom. The Hall–Kier alpha value is -3.33. The number of phenols is 1. The number of nitrogens with zero attached hydrogens (tertiary/aromatic N) is 1. The topological polar surface area (TPSA) is 113 Å². The molecule has 182 valence electrons. The third-order valence-corrected chi connectivity index (χ3v) is 5.32. The van der Waals surface area contributed by atoms with Crippen LogP contribution in [-0.4, -0.2) is 65.3 Å². The Kier molecular flexibility index (Phi) is 8.33. The van der Waals surface area contributed by atoms with Crippen LogP contribution in [0, 0.1) is 0 Å². The summed E-state index contributed by atoms with van der Waals surface area (Å²) >= 11 is 0. The zero-order valence-corrected chi connectivity index (χ0v) is 19.5. The summed E-state index contributed by atoms with van der Waals surface area (Å²) in [5, 5.41) is 28.8. The minimum absolute atomic E-state index is 0.00265. The van der Waals surface area contributed by atoms with E-state index in [9.17, 15) is 9.90 Å². The largest absolute Gasteiger partial charge is 0.507 e. The van der Waals surface area contributed by atoms with Crippen molar-refractivity contribution in [3.05, 3.63) is 65.4 Å². The summed E-state index contributed by atoms with van der Waals surface area (Å²) in [5.74, 6) is 0.500. The number of rotatable bonds is 12. The number of benzene rings is 2. The summed E-state index contributed by atoms with van der Waals surface area (Å²) in [6.45, 7) is 9.10. The lowest BCUT2D eigenvalue weighted by atomic mass is 10.1. The molecule has 0 bridgehead atoms. The minimum Gasteiger partial charge on any atom is -0.507 e. The summed E-state index contributed by atoms with van der Waals surface area (Å²) in [7, 11) is 0. The average Bonchev–Trinajstić information content (AvgIpc) is 2.80. The molecule has 0 aliphatic heterocycles. The number of phenolic OH excluding ortho intramolecular Hbond substituents is 1. The summed E-state index contributed by atoms with van der Waals surface area (Å²) in [5.41, 5.74) is -0.614. The van der Waals surface area contributed by atoms with Gasteiger partial charge in [0.2, 0.25) is 11.2 Å². The quantitative estimate of drug-likeness (QED) is 0.274. The van der Waals surface area contributed by atoms with Gasteiger partial charge in [-0.2, -0.15) is 0 Å².